The Morgan fingerprint density at radius 3 is 2.15 bits per heavy atom. The Labute approximate surface area is 117 Å². The zero-order chi connectivity index (χ0) is 15.0. The van der Waals surface area contributed by atoms with E-state index in [1.54, 1.807) is 0 Å². The first kappa shape index (κ1) is 16.3. The monoisotopic (exact) mass is 299 g/mol. The standard InChI is InChI=1S/C13H15O6P/c1-2-3-4-9-18-12(14)10-5-7-11(8-6-10)13(15)19-20(16)17/h5-8H,2-4,9H2,1H3/p+1. The molecular formula is C13H16O6P+. The molecule has 0 aliphatic heterocycles. The van der Waals surface area contributed by atoms with Crippen LogP contribution in [0.1, 0.15) is 46.9 Å². The van der Waals surface area contributed by atoms with Crippen LogP contribution in [0.25, 0.3) is 0 Å². The highest BCUT2D eigenvalue weighted by molar-refractivity contribution is 7.32. The highest BCUT2D eigenvalue weighted by Crippen LogP contribution is 2.18. The largest absolute Gasteiger partial charge is 0.750 e. The van der Waals surface area contributed by atoms with E-state index in [2.05, 4.69) is 11.4 Å². The van der Waals surface area contributed by atoms with Crippen molar-refractivity contribution in [1.29, 1.82) is 0 Å². The molecule has 1 atom stereocenters. The lowest BCUT2D eigenvalue weighted by atomic mass is 10.1. The molecule has 7 heteroatoms. The summed E-state index contributed by atoms with van der Waals surface area (Å²) in [5.41, 5.74) is 0.399. The fourth-order valence-corrected chi connectivity index (χ4v) is 1.71. The molecule has 1 rings (SSSR count). The zero-order valence-electron chi connectivity index (χ0n) is 11.1. The first-order valence-electron chi connectivity index (χ1n) is 6.20. The summed E-state index contributed by atoms with van der Waals surface area (Å²) in [5, 5.41) is 0. The van der Waals surface area contributed by atoms with Crippen molar-refractivity contribution in [3.63, 3.8) is 0 Å². The van der Waals surface area contributed by atoms with Gasteiger partial charge in [0.15, 0.2) is 0 Å². The number of ether oxygens (including phenoxy) is 1. The number of unbranched alkanes of at least 4 members (excludes halogenated alkanes) is 2. The molecule has 0 aliphatic rings. The van der Waals surface area contributed by atoms with Gasteiger partial charge in [-0.15, -0.1) is 4.89 Å². The van der Waals surface area contributed by atoms with Crippen LogP contribution in [0.5, 0.6) is 0 Å². The number of rotatable bonds is 7. The third-order valence-electron chi connectivity index (χ3n) is 2.50. The van der Waals surface area contributed by atoms with Gasteiger partial charge in [-0.1, -0.05) is 19.8 Å². The van der Waals surface area contributed by atoms with Crippen molar-refractivity contribution in [1.82, 2.24) is 0 Å². The van der Waals surface area contributed by atoms with E-state index < -0.39 is 20.2 Å². The van der Waals surface area contributed by atoms with Gasteiger partial charge in [0.05, 0.1) is 17.7 Å². The fraction of sp³-hybridized carbons (Fsp3) is 0.385. The highest BCUT2D eigenvalue weighted by Gasteiger charge is 2.22. The summed E-state index contributed by atoms with van der Waals surface area (Å²) in [6, 6.07) is 5.49. The molecule has 0 fully saturated rings. The second-order valence-electron chi connectivity index (χ2n) is 4.04. The number of esters is 1. The summed E-state index contributed by atoms with van der Waals surface area (Å²) in [6.07, 6.45) is 2.86. The molecule has 108 valence electrons. The van der Waals surface area contributed by atoms with E-state index in [9.17, 15) is 14.2 Å². The van der Waals surface area contributed by atoms with Gasteiger partial charge in [-0.05, 0) is 30.7 Å². The van der Waals surface area contributed by atoms with Gasteiger partial charge in [0.2, 0.25) is 0 Å². The lowest BCUT2D eigenvalue weighted by molar-refractivity contribution is 0.0497. The Hall–Kier alpha value is -1.78. The summed E-state index contributed by atoms with van der Waals surface area (Å²) in [6.45, 7) is 2.42. The number of benzene rings is 1. The highest BCUT2D eigenvalue weighted by atomic mass is 31.1. The van der Waals surface area contributed by atoms with Crippen LogP contribution in [0.15, 0.2) is 24.3 Å². The average molecular weight is 299 g/mol. The Balaban J connectivity index is 2.55. The van der Waals surface area contributed by atoms with Crippen LogP contribution >= 0.6 is 8.25 Å². The van der Waals surface area contributed by atoms with Gasteiger partial charge in [0.25, 0.3) is 0 Å². The molecule has 0 saturated heterocycles. The minimum Gasteiger partial charge on any atom is -0.462 e. The van der Waals surface area contributed by atoms with Gasteiger partial charge in [-0.25, -0.2) is 9.59 Å². The number of carbonyl (C=O) groups is 2. The van der Waals surface area contributed by atoms with Crippen LogP contribution in [-0.2, 0) is 13.8 Å². The summed E-state index contributed by atoms with van der Waals surface area (Å²) < 4.78 is 19.6. The van der Waals surface area contributed by atoms with E-state index in [0.29, 0.717) is 12.2 Å². The van der Waals surface area contributed by atoms with E-state index >= 15 is 0 Å². The van der Waals surface area contributed by atoms with E-state index in [0.717, 1.165) is 19.3 Å². The maximum Gasteiger partial charge on any atom is 0.750 e. The molecule has 1 aromatic carbocycles. The Kier molecular flexibility index (Phi) is 6.84. The summed E-state index contributed by atoms with van der Waals surface area (Å²) >= 11 is 0. The summed E-state index contributed by atoms with van der Waals surface area (Å²) in [5.74, 6) is -1.38. The normalized spacial score (nSPS) is 10.8. The average Bonchev–Trinajstić information content (AvgIpc) is 2.43. The van der Waals surface area contributed by atoms with Gasteiger partial charge >= 0.3 is 20.2 Å². The summed E-state index contributed by atoms with van der Waals surface area (Å²) in [7, 11) is -2.99. The van der Waals surface area contributed by atoms with Crippen LogP contribution in [0.3, 0.4) is 0 Å². The molecule has 0 aromatic heterocycles. The third-order valence-corrected chi connectivity index (χ3v) is 2.82. The number of hydrogen-bond donors (Lipinski definition) is 1. The minimum absolute atomic E-state index is 0.0879. The minimum atomic E-state index is -2.99. The number of carbonyl (C=O) groups excluding carboxylic acids is 2. The van der Waals surface area contributed by atoms with Crippen molar-refractivity contribution >= 4 is 20.2 Å². The van der Waals surface area contributed by atoms with Crippen LogP contribution in [0.2, 0.25) is 0 Å². The molecular weight excluding hydrogens is 283 g/mol. The molecule has 6 nitrogen and oxygen atoms in total. The van der Waals surface area contributed by atoms with Gasteiger partial charge in [0, 0.05) is 4.57 Å². The van der Waals surface area contributed by atoms with Crippen molar-refractivity contribution < 1.29 is 28.3 Å². The predicted molar refractivity (Wildman–Crippen MR) is 71.5 cm³/mol. The predicted octanol–water partition coefficient (Wildman–Crippen LogP) is 2.84. The van der Waals surface area contributed by atoms with Gasteiger partial charge < -0.3 is 4.74 Å². The smallest absolute Gasteiger partial charge is 0.462 e. The number of hydrogen-bond acceptors (Lipinski definition) is 5. The Morgan fingerprint density at radius 1 is 1.10 bits per heavy atom. The van der Waals surface area contributed by atoms with Crippen molar-refractivity contribution in [2.75, 3.05) is 6.61 Å². The molecule has 0 radical (unpaired) electrons. The van der Waals surface area contributed by atoms with Gasteiger partial charge in [-0.3, -0.25) is 0 Å². The van der Waals surface area contributed by atoms with Crippen LogP contribution in [-0.4, -0.2) is 23.4 Å². The Bertz CT molecular complexity index is 482. The molecule has 20 heavy (non-hydrogen) atoms. The van der Waals surface area contributed by atoms with Crippen molar-refractivity contribution in [2.45, 2.75) is 26.2 Å². The molecule has 0 aliphatic carbocycles. The van der Waals surface area contributed by atoms with Crippen molar-refractivity contribution in [3.8, 4) is 0 Å². The van der Waals surface area contributed by atoms with Crippen LogP contribution in [0.4, 0.5) is 0 Å². The molecule has 0 heterocycles. The fourth-order valence-electron chi connectivity index (χ4n) is 1.47. The second-order valence-corrected chi connectivity index (χ2v) is 4.70. The first-order chi connectivity index (χ1) is 9.54. The maximum atomic E-state index is 11.6. The lowest BCUT2D eigenvalue weighted by Crippen LogP contribution is -2.07. The molecule has 1 N–H and O–H groups in total. The molecule has 0 saturated carbocycles. The SMILES string of the molecule is CCCCCOC(=O)c1ccc(C(=O)O[P+](=O)O)cc1. The van der Waals surface area contributed by atoms with Crippen molar-refractivity contribution in [3.05, 3.63) is 35.4 Å². The lowest BCUT2D eigenvalue weighted by Gasteiger charge is -2.04. The van der Waals surface area contributed by atoms with E-state index in [1.807, 2.05) is 0 Å². The van der Waals surface area contributed by atoms with Gasteiger partial charge in [-0.2, -0.15) is 4.52 Å². The molecule has 0 amide bonds. The first-order valence-corrected chi connectivity index (χ1v) is 7.33. The van der Waals surface area contributed by atoms with Crippen molar-refractivity contribution in [2.24, 2.45) is 0 Å². The van der Waals surface area contributed by atoms with Crippen LogP contribution < -0.4 is 0 Å². The second kappa shape index (κ2) is 8.40. The molecule has 1 aromatic rings. The Morgan fingerprint density at radius 2 is 1.65 bits per heavy atom. The third kappa shape index (κ3) is 5.47. The molecule has 1 unspecified atom stereocenters. The van der Waals surface area contributed by atoms with E-state index in [1.165, 1.54) is 24.3 Å². The van der Waals surface area contributed by atoms with Gasteiger partial charge in [0.1, 0.15) is 0 Å². The molecule has 0 bridgehead atoms. The molecule has 0 spiro atoms. The van der Waals surface area contributed by atoms with E-state index in [-0.39, 0.29) is 5.56 Å². The maximum absolute atomic E-state index is 11.6. The van der Waals surface area contributed by atoms with E-state index in [4.69, 9.17) is 9.63 Å². The topological polar surface area (TPSA) is 89.9 Å². The van der Waals surface area contributed by atoms with Crippen LogP contribution in [0, 0.1) is 0 Å². The quantitative estimate of drug-likeness (QED) is 0.473. The zero-order valence-corrected chi connectivity index (χ0v) is 12.0. The summed E-state index contributed by atoms with van der Waals surface area (Å²) in [4.78, 5) is 31.4.